The Labute approximate surface area is 80.1 Å². The van der Waals surface area contributed by atoms with Gasteiger partial charge in [-0.05, 0) is 19.8 Å². The highest BCUT2D eigenvalue weighted by Crippen LogP contribution is 2.04. The van der Waals surface area contributed by atoms with E-state index in [4.69, 9.17) is 0 Å². The lowest BCUT2D eigenvalue weighted by molar-refractivity contribution is 0.625. The normalized spacial score (nSPS) is 10.6. The Morgan fingerprint density at radius 3 is 2.69 bits per heavy atom. The van der Waals surface area contributed by atoms with E-state index in [1.165, 1.54) is 25.7 Å². The van der Waals surface area contributed by atoms with Crippen LogP contribution in [0.3, 0.4) is 0 Å². The van der Waals surface area contributed by atoms with Crippen molar-refractivity contribution in [1.29, 1.82) is 0 Å². The zero-order chi connectivity index (χ0) is 9.52. The highest BCUT2D eigenvalue weighted by molar-refractivity contribution is 4.91. The van der Waals surface area contributed by atoms with Crippen molar-refractivity contribution in [1.82, 2.24) is 15.0 Å². The molecule has 0 N–H and O–H groups in total. The van der Waals surface area contributed by atoms with Crippen LogP contribution in [-0.4, -0.2) is 15.0 Å². The van der Waals surface area contributed by atoms with Gasteiger partial charge in [0.05, 0.1) is 5.69 Å². The monoisotopic (exact) mass is 181 g/mol. The molecule has 74 valence electrons. The molecule has 0 aliphatic heterocycles. The van der Waals surface area contributed by atoms with Crippen molar-refractivity contribution in [3.8, 4) is 0 Å². The highest BCUT2D eigenvalue weighted by atomic mass is 15.4. The summed E-state index contributed by atoms with van der Waals surface area (Å²) in [6, 6.07) is 0. The van der Waals surface area contributed by atoms with Crippen LogP contribution in [-0.2, 0) is 13.0 Å². The van der Waals surface area contributed by atoms with Crippen molar-refractivity contribution >= 4 is 0 Å². The van der Waals surface area contributed by atoms with Gasteiger partial charge in [0.2, 0.25) is 0 Å². The van der Waals surface area contributed by atoms with E-state index in [0.29, 0.717) is 0 Å². The maximum atomic E-state index is 4.10. The second-order valence-electron chi connectivity index (χ2n) is 3.38. The molecule has 0 fully saturated rings. The molecule has 1 heterocycles. The first-order valence-corrected chi connectivity index (χ1v) is 5.25. The zero-order valence-electron chi connectivity index (χ0n) is 8.66. The summed E-state index contributed by atoms with van der Waals surface area (Å²) in [5.74, 6) is 0. The average Bonchev–Trinajstić information content (AvgIpc) is 2.60. The lowest BCUT2D eigenvalue weighted by Crippen LogP contribution is -1.93. The van der Waals surface area contributed by atoms with Crippen LogP contribution >= 0.6 is 0 Å². The Bertz CT molecular complexity index is 230. The number of unbranched alkanes of at least 4 members (excludes halogenated alkanes) is 3. The molecule has 1 rings (SSSR count). The number of hydrogen-bond acceptors (Lipinski definition) is 2. The van der Waals surface area contributed by atoms with Gasteiger partial charge < -0.3 is 0 Å². The number of aromatic nitrogens is 3. The fraction of sp³-hybridized carbons (Fsp3) is 0.800. The van der Waals surface area contributed by atoms with Crippen LogP contribution in [0, 0.1) is 0 Å². The molecule has 0 aliphatic carbocycles. The van der Waals surface area contributed by atoms with Crippen LogP contribution in [0.1, 0.15) is 45.2 Å². The molecule has 0 saturated heterocycles. The predicted octanol–water partition coefficient (Wildman–Crippen LogP) is 2.42. The van der Waals surface area contributed by atoms with E-state index in [1.807, 2.05) is 10.9 Å². The van der Waals surface area contributed by atoms with E-state index in [2.05, 4.69) is 24.2 Å². The van der Waals surface area contributed by atoms with Crippen molar-refractivity contribution in [2.75, 3.05) is 0 Å². The molecule has 0 amide bonds. The molecule has 1 aromatic rings. The van der Waals surface area contributed by atoms with Gasteiger partial charge in [-0.3, -0.25) is 4.68 Å². The minimum absolute atomic E-state index is 0.919. The number of aryl methyl sites for hydroxylation is 2. The molecule has 13 heavy (non-hydrogen) atoms. The summed E-state index contributed by atoms with van der Waals surface area (Å²) in [5.41, 5.74) is 1.14. The Morgan fingerprint density at radius 2 is 2.08 bits per heavy atom. The summed E-state index contributed by atoms with van der Waals surface area (Å²) in [6.45, 7) is 5.23. The Morgan fingerprint density at radius 1 is 1.23 bits per heavy atom. The fourth-order valence-electron chi connectivity index (χ4n) is 1.34. The van der Waals surface area contributed by atoms with Gasteiger partial charge in [0.1, 0.15) is 0 Å². The van der Waals surface area contributed by atoms with Crippen molar-refractivity contribution in [2.24, 2.45) is 0 Å². The summed E-state index contributed by atoms with van der Waals surface area (Å²) in [4.78, 5) is 0. The van der Waals surface area contributed by atoms with Gasteiger partial charge in [-0.15, -0.1) is 5.10 Å². The second kappa shape index (κ2) is 5.73. The Kier molecular flexibility index (Phi) is 4.50. The quantitative estimate of drug-likeness (QED) is 0.631. The van der Waals surface area contributed by atoms with Gasteiger partial charge in [0.25, 0.3) is 0 Å². The molecule has 0 aromatic carbocycles. The molecule has 3 nitrogen and oxygen atoms in total. The Balaban J connectivity index is 2.20. The summed E-state index contributed by atoms with van der Waals surface area (Å²) in [6.07, 6.45) is 8.32. The zero-order valence-corrected chi connectivity index (χ0v) is 8.66. The van der Waals surface area contributed by atoms with Gasteiger partial charge in [-0.2, -0.15) is 0 Å². The van der Waals surface area contributed by atoms with Crippen LogP contribution in [0.2, 0.25) is 0 Å². The fourth-order valence-corrected chi connectivity index (χ4v) is 1.34. The predicted molar refractivity (Wildman–Crippen MR) is 53.5 cm³/mol. The first kappa shape index (κ1) is 10.2. The van der Waals surface area contributed by atoms with Crippen LogP contribution < -0.4 is 0 Å². The average molecular weight is 181 g/mol. The van der Waals surface area contributed by atoms with E-state index < -0.39 is 0 Å². The summed E-state index contributed by atoms with van der Waals surface area (Å²) < 4.78 is 1.88. The molecule has 0 atom stereocenters. The van der Waals surface area contributed by atoms with Crippen molar-refractivity contribution < 1.29 is 0 Å². The summed E-state index contributed by atoms with van der Waals surface area (Å²) >= 11 is 0. The summed E-state index contributed by atoms with van der Waals surface area (Å²) in [7, 11) is 0. The molecular weight excluding hydrogens is 162 g/mol. The van der Waals surface area contributed by atoms with E-state index in [1.54, 1.807) is 0 Å². The molecule has 0 saturated carbocycles. The van der Waals surface area contributed by atoms with E-state index in [0.717, 1.165) is 18.7 Å². The molecule has 0 bridgehead atoms. The number of rotatable bonds is 6. The maximum Gasteiger partial charge on any atom is 0.0827 e. The van der Waals surface area contributed by atoms with Gasteiger partial charge in [0.15, 0.2) is 0 Å². The van der Waals surface area contributed by atoms with Gasteiger partial charge >= 0.3 is 0 Å². The third kappa shape index (κ3) is 3.57. The second-order valence-corrected chi connectivity index (χ2v) is 3.38. The topological polar surface area (TPSA) is 30.7 Å². The van der Waals surface area contributed by atoms with E-state index in [9.17, 15) is 0 Å². The van der Waals surface area contributed by atoms with Crippen molar-refractivity contribution in [2.45, 2.75) is 52.5 Å². The molecule has 0 unspecified atom stereocenters. The first-order valence-electron chi connectivity index (χ1n) is 5.25. The van der Waals surface area contributed by atoms with Crippen molar-refractivity contribution in [3.05, 3.63) is 11.9 Å². The van der Waals surface area contributed by atoms with Gasteiger partial charge in [0, 0.05) is 12.7 Å². The minimum atomic E-state index is 0.919. The van der Waals surface area contributed by atoms with E-state index in [-0.39, 0.29) is 0 Å². The lowest BCUT2D eigenvalue weighted by atomic mass is 10.1. The van der Waals surface area contributed by atoms with Crippen LogP contribution in [0.4, 0.5) is 0 Å². The number of hydrogen-bond donors (Lipinski definition) is 0. The van der Waals surface area contributed by atoms with Crippen LogP contribution in [0.15, 0.2) is 6.20 Å². The molecule has 0 radical (unpaired) electrons. The number of nitrogens with zero attached hydrogens (tertiary/aromatic N) is 3. The Hall–Kier alpha value is -0.860. The smallest absolute Gasteiger partial charge is 0.0827 e. The van der Waals surface area contributed by atoms with Gasteiger partial charge in [-0.25, -0.2) is 0 Å². The molecular formula is C10H19N3. The SMILES string of the molecule is CCCCCCc1cn(CC)nn1. The van der Waals surface area contributed by atoms with Gasteiger partial charge in [-0.1, -0.05) is 31.4 Å². The maximum absolute atomic E-state index is 4.10. The lowest BCUT2D eigenvalue weighted by Gasteiger charge is -1.95. The first-order chi connectivity index (χ1) is 6.36. The molecule has 1 aromatic heterocycles. The standard InChI is InChI=1S/C10H19N3/c1-3-5-6-7-8-10-9-13(4-2)12-11-10/h9H,3-8H2,1-2H3. The van der Waals surface area contributed by atoms with Crippen LogP contribution in [0.5, 0.6) is 0 Å². The third-order valence-electron chi connectivity index (χ3n) is 2.20. The van der Waals surface area contributed by atoms with E-state index >= 15 is 0 Å². The largest absolute Gasteiger partial charge is 0.253 e. The minimum Gasteiger partial charge on any atom is -0.253 e. The van der Waals surface area contributed by atoms with Crippen molar-refractivity contribution in [3.63, 3.8) is 0 Å². The van der Waals surface area contributed by atoms with Crippen LogP contribution in [0.25, 0.3) is 0 Å². The molecule has 0 aliphatic rings. The third-order valence-corrected chi connectivity index (χ3v) is 2.20. The molecule has 0 spiro atoms. The molecule has 3 heteroatoms. The highest BCUT2D eigenvalue weighted by Gasteiger charge is 1.98. The summed E-state index contributed by atoms with van der Waals surface area (Å²) in [5, 5.41) is 8.10.